The molecule has 3 atom stereocenters. The molecule has 0 saturated heterocycles. The molecular weight excluding hydrogens is 397 g/mol. The van der Waals surface area contributed by atoms with Crippen molar-refractivity contribution in [3.05, 3.63) is 11.8 Å². The maximum atomic E-state index is 14.0. The first-order valence-electron chi connectivity index (χ1n) is 8.61. The van der Waals surface area contributed by atoms with Crippen molar-refractivity contribution in [3.8, 4) is 0 Å². The van der Waals surface area contributed by atoms with Crippen molar-refractivity contribution in [1.82, 2.24) is 0 Å². The van der Waals surface area contributed by atoms with E-state index in [-0.39, 0.29) is 19.4 Å². The highest BCUT2D eigenvalue weighted by Gasteiger charge is 2.80. The van der Waals surface area contributed by atoms with E-state index in [4.69, 9.17) is 4.74 Å². The Hall–Kier alpha value is -1.61. The lowest BCUT2D eigenvalue weighted by Gasteiger charge is -2.35. The summed E-state index contributed by atoms with van der Waals surface area (Å²) in [6.07, 6.45) is -5.06. The molecule has 28 heavy (non-hydrogen) atoms. The Bertz CT molecular complexity index is 704. The van der Waals surface area contributed by atoms with Gasteiger partial charge < -0.3 is 4.74 Å². The van der Waals surface area contributed by atoms with Crippen molar-refractivity contribution in [1.29, 1.82) is 0 Å². The Kier molecular flexibility index (Phi) is 5.22. The number of alkyl halides is 7. The van der Waals surface area contributed by atoms with Gasteiger partial charge in [-0.15, -0.1) is 0 Å². The van der Waals surface area contributed by atoms with E-state index in [1.807, 2.05) is 0 Å². The quantitative estimate of drug-likeness (QED) is 0.348. The third kappa shape index (κ3) is 2.85. The van der Waals surface area contributed by atoms with Crippen molar-refractivity contribution < 1.29 is 45.1 Å². The van der Waals surface area contributed by atoms with Crippen LogP contribution >= 0.6 is 0 Å². The van der Waals surface area contributed by atoms with Gasteiger partial charge in [0.15, 0.2) is 5.78 Å². The number of ketones is 2. The van der Waals surface area contributed by atoms with E-state index in [0.29, 0.717) is 0 Å². The number of ether oxygens (including phenoxy) is 1. The summed E-state index contributed by atoms with van der Waals surface area (Å²) >= 11 is 0. The number of carbonyl (C=O) groups excluding carboxylic acids is 2. The van der Waals surface area contributed by atoms with Crippen LogP contribution in [0.25, 0.3) is 0 Å². The van der Waals surface area contributed by atoms with E-state index in [9.17, 15) is 40.3 Å². The molecule has 10 heteroatoms. The third-order valence-electron chi connectivity index (χ3n) is 6.19. The predicted molar refractivity (Wildman–Crippen MR) is 83.8 cm³/mol. The van der Waals surface area contributed by atoms with Gasteiger partial charge in [-0.25, -0.2) is 0 Å². The summed E-state index contributed by atoms with van der Waals surface area (Å²) < 4.78 is 97.2. The molecule has 1 unspecified atom stereocenters. The Morgan fingerprint density at radius 2 is 1.68 bits per heavy atom. The molecule has 2 aliphatic rings. The first-order valence-corrected chi connectivity index (χ1v) is 8.61. The number of hydrogen-bond acceptors (Lipinski definition) is 3. The van der Waals surface area contributed by atoms with Crippen molar-refractivity contribution in [2.24, 2.45) is 22.7 Å². The van der Waals surface area contributed by atoms with Crippen LogP contribution < -0.4 is 0 Å². The zero-order valence-electron chi connectivity index (χ0n) is 15.7. The second kappa shape index (κ2) is 6.45. The molecule has 0 aromatic heterocycles. The summed E-state index contributed by atoms with van der Waals surface area (Å²) in [5.41, 5.74) is -1.75. The molecule has 160 valence electrons. The van der Waals surface area contributed by atoms with Crippen LogP contribution in [0, 0.1) is 22.7 Å². The second-order valence-electron chi connectivity index (χ2n) is 8.31. The largest absolute Gasteiger partial charge is 0.500 e. The lowest BCUT2D eigenvalue weighted by molar-refractivity contribution is -0.344. The van der Waals surface area contributed by atoms with Crippen LogP contribution in [0.15, 0.2) is 11.8 Å². The molecular formula is C18H21F7O3. The molecule has 2 fully saturated rings. The summed E-state index contributed by atoms with van der Waals surface area (Å²) in [4.78, 5) is 25.0. The molecule has 3 nitrogen and oxygen atoms in total. The molecule has 0 aromatic rings. The van der Waals surface area contributed by atoms with Crippen molar-refractivity contribution in [2.45, 2.75) is 58.6 Å². The van der Waals surface area contributed by atoms with Crippen molar-refractivity contribution in [2.75, 3.05) is 6.61 Å². The van der Waals surface area contributed by atoms with Crippen molar-refractivity contribution >= 4 is 11.6 Å². The number of fused-ring (bicyclic) bond motifs is 2. The lowest BCUT2D eigenvalue weighted by atomic mass is 9.69. The van der Waals surface area contributed by atoms with Crippen LogP contribution in [0.4, 0.5) is 30.7 Å². The Labute approximate surface area is 157 Å². The van der Waals surface area contributed by atoms with Crippen LogP contribution in [0.1, 0.15) is 40.5 Å². The maximum Gasteiger partial charge on any atom is 0.460 e. The molecule has 0 amide bonds. The minimum atomic E-state index is -6.63. The van der Waals surface area contributed by atoms with Gasteiger partial charge in [0, 0.05) is 0 Å². The summed E-state index contributed by atoms with van der Waals surface area (Å²) in [5.74, 6) is -19.7. The smallest absolute Gasteiger partial charge is 0.460 e. The number of carbonyl (C=O) groups is 2. The molecule has 0 aliphatic heterocycles. The third-order valence-corrected chi connectivity index (χ3v) is 6.19. The van der Waals surface area contributed by atoms with E-state index in [1.54, 1.807) is 13.8 Å². The molecule has 0 radical (unpaired) electrons. The van der Waals surface area contributed by atoms with E-state index in [2.05, 4.69) is 0 Å². The van der Waals surface area contributed by atoms with Crippen molar-refractivity contribution in [3.63, 3.8) is 0 Å². The minimum absolute atomic E-state index is 0.0704. The van der Waals surface area contributed by atoms with Crippen LogP contribution in [-0.2, 0) is 14.3 Å². The van der Waals surface area contributed by atoms with E-state index >= 15 is 0 Å². The van der Waals surface area contributed by atoms with Gasteiger partial charge in [0.2, 0.25) is 5.78 Å². The van der Waals surface area contributed by atoms with Gasteiger partial charge in [-0.2, -0.15) is 30.7 Å². The van der Waals surface area contributed by atoms with Crippen LogP contribution in [0.5, 0.6) is 0 Å². The normalized spacial score (nSPS) is 29.8. The second-order valence-corrected chi connectivity index (χ2v) is 8.31. The Morgan fingerprint density at radius 3 is 2.14 bits per heavy atom. The number of rotatable bonds is 6. The van der Waals surface area contributed by atoms with Crippen LogP contribution in [0.2, 0.25) is 0 Å². The Morgan fingerprint density at radius 1 is 1.14 bits per heavy atom. The SMILES string of the molecule is CC(C)=COC[C@]12CC[C@@H](C(C(=O)C(F)(F)C(F)(F)C(F)(F)F)C1=O)C2(C)C. The highest BCUT2D eigenvalue weighted by Crippen LogP contribution is 2.67. The Balaban J connectivity index is 2.42. The average molecular weight is 418 g/mol. The number of halogens is 7. The van der Waals surface area contributed by atoms with E-state index < -0.39 is 52.3 Å². The molecule has 2 saturated carbocycles. The zero-order chi connectivity index (χ0) is 21.9. The number of Topliss-reactive ketones (excluding diaryl/α,β-unsaturated/α-hetero) is 2. The average Bonchev–Trinajstić information content (AvgIpc) is 2.86. The fraction of sp³-hybridized carbons (Fsp3) is 0.778. The highest BCUT2D eigenvalue weighted by atomic mass is 19.4. The maximum absolute atomic E-state index is 14.0. The van der Waals surface area contributed by atoms with Gasteiger partial charge in [-0.05, 0) is 43.6 Å². The van der Waals surface area contributed by atoms with E-state index in [1.165, 1.54) is 20.1 Å². The van der Waals surface area contributed by atoms with Crippen LogP contribution in [0.3, 0.4) is 0 Å². The summed E-state index contributed by atoms with van der Waals surface area (Å²) in [6, 6.07) is 0. The molecule has 0 heterocycles. The molecule has 0 aromatic carbocycles. The number of hydrogen-bond donors (Lipinski definition) is 0. The first kappa shape index (κ1) is 22.7. The monoisotopic (exact) mass is 418 g/mol. The summed E-state index contributed by atoms with van der Waals surface area (Å²) in [6.45, 7) is 6.15. The molecule has 2 bridgehead atoms. The minimum Gasteiger partial charge on any atom is -0.500 e. The predicted octanol–water partition coefficient (Wildman–Crippen LogP) is 4.95. The van der Waals surface area contributed by atoms with Gasteiger partial charge in [0.25, 0.3) is 0 Å². The standard InChI is InChI=1S/C18H21F7O3/c1-9(2)7-28-8-15-6-5-10(14(15,3)4)11(12(15)26)13(27)16(19,20)17(21,22)18(23,24)25/h7,10-11H,5-6,8H2,1-4H3/t10-,11?,15+/m0/s1. The fourth-order valence-corrected chi connectivity index (χ4v) is 4.45. The molecule has 0 spiro atoms. The van der Waals surface area contributed by atoms with E-state index in [0.717, 1.165) is 5.57 Å². The van der Waals surface area contributed by atoms with Gasteiger partial charge in [-0.3, -0.25) is 9.59 Å². The van der Waals surface area contributed by atoms with Gasteiger partial charge in [-0.1, -0.05) is 13.8 Å². The molecule has 0 N–H and O–H groups in total. The van der Waals surface area contributed by atoms with Gasteiger partial charge in [0.1, 0.15) is 6.61 Å². The zero-order valence-corrected chi connectivity index (χ0v) is 15.7. The summed E-state index contributed by atoms with van der Waals surface area (Å²) in [7, 11) is 0. The topological polar surface area (TPSA) is 43.4 Å². The van der Waals surface area contributed by atoms with Gasteiger partial charge >= 0.3 is 18.0 Å². The molecule has 2 rings (SSSR count). The summed E-state index contributed by atoms with van der Waals surface area (Å²) in [5, 5.41) is 0. The highest BCUT2D eigenvalue weighted by molar-refractivity contribution is 6.11. The first-order chi connectivity index (χ1) is 12.4. The van der Waals surface area contributed by atoms with Gasteiger partial charge in [0.05, 0.1) is 17.6 Å². The lowest BCUT2D eigenvalue weighted by Crippen LogP contribution is -2.59. The number of allylic oxidation sites excluding steroid dienone is 1. The van der Waals surface area contributed by atoms with Crippen LogP contribution in [-0.4, -0.2) is 36.2 Å². The molecule has 2 aliphatic carbocycles. The fourth-order valence-electron chi connectivity index (χ4n) is 4.45.